The lowest BCUT2D eigenvalue weighted by Crippen LogP contribution is -2.35. The van der Waals surface area contributed by atoms with Crippen molar-refractivity contribution in [2.45, 2.75) is 52.0 Å². The summed E-state index contributed by atoms with van der Waals surface area (Å²) in [6.07, 6.45) is 3.74. The van der Waals surface area contributed by atoms with Gasteiger partial charge in [-0.15, -0.1) is 0 Å². The van der Waals surface area contributed by atoms with E-state index in [9.17, 15) is 4.79 Å². The van der Waals surface area contributed by atoms with Crippen LogP contribution in [0.15, 0.2) is 0 Å². The van der Waals surface area contributed by atoms with Crippen LogP contribution in [0.3, 0.4) is 0 Å². The highest BCUT2D eigenvalue weighted by atomic mass is 16.2. The second-order valence-corrected chi connectivity index (χ2v) is 5.39. The molecule has 15 heavy (non-hydrogen) atoms. The first-order chi connectivity index (χ1) is 6.92. The minimum absolute atomic E-state index is 0.223. The molecular weight excluding hydrogens is 188 g/mol. The predicted octanol–water partition coefficient (Wildman–Crippen LogP) is 1.76. The lowest BCUT2D eigenvalue weighted by Gasteiger charge is -2.21. The monoisotopic (exact) mass is 212 g/mol. The molecule has 1 saturated heterocycles. The van der Waals surface area contributed by atoms with Crippen LogP contribution in [-0.4, -0.2) is 29.4 Å². The fourth-order valence-electron chi connectivity index (χ4n) is 1.98. The molecule has 0 saturated carbocycles. The van der Waals surface area contributed by atoms with Gasteiger partial charge in [0.1, 0.15) is 0 Å². The van der Waals surface area contributed by atoms with Crippen LogP contribution < -0.4 is 5.73 Å². The molecule has 0 bridgehead atoms. The van der Waals surface area contributed by atoms with E-state index >= 15 is 0 Å². The van der Waals surface area contributed by atoms with E-state index in [1.54, 1.807) is 0 Å². The summed E-state index contributed by atoms with van der Waals surface area (Å²) in [6, 6.07) is 0. The Labute approximate surface area is 93.0 Å². The van der Waals surface area contributed by atoms with Crippen LogP contribution in [0.1, 0.15) is 46.5 Å². The van der Waals surface area contributed by atoms with E-state index in [-0.39, 0.29) is 11.4 Å². The first-order valence-corrected chi connectivity index (χ1v) is 5.99. The van der Waals surface area contributed by atoms with Crippen molar-refractivity contribution >= 4 is 5.91 Å². The smallest absolute Gasteiger partial charge is 0.222 e. The van der Waals surface area contributed by atoms with Crippen LogP contribution in [0.4, 0.5) is 0 Å². The number of carbonyl (C=O) groups is 1. The van der Waals surface area contributed by atoms with Gasteiger partial charge in [0.05, 0.1) is 0 Å². The van der Waals surface area contributed by atoms with Gasteiger partial charge in [-0.25, -0.2) is 0 Å². The van der Waals surface area contributed by atoms with Gasteiger partial charge in [-0.2, -0.15) is 0 Å². The highest BCUT2D eigenvalue weighted by Crippen LogP contribution is 2.20. The highest BCUT2D eigenvalue weighted by molar-refractivity contribution is 5.76. The third kappa shape index (κ3) is 4.20. The number of rotatable bonds is 4. The Balaban J connectivity index is 2.30. The summed E-state index contributed by atoms with van der Waals surface area (Å²) in [6.45, 7) is 8.04. The molecule has 0 aromatic rings. The van der Waals surface area contributed by atoms with E-state index in [0.29, 0.717) is 6.42 Å². The van der Waals surface area contributed by atoms with Crippen molar-refractivity contribution in [3.8, 4) is 0 Å². The van der Waals surface area contributed by atoms with E-state index in [2.05, 4.69) is 6.92 Å². The maximum atomic E-state index is 11.8. The second kappa shape index (κ2) is 4.97. The number of hydrogen-bond donors (Lipinski definition) is 1. The molecule has 1 unspecified atom stereocenters. The molecule has 88 valence electrons. The van der Waals surface area contributed by atoms with E-state index < -0.39 is 0 Å². The van der Waals surface area contributed by atoms with Crippen LogP contribution in [-0.2, 0) is 4.79 Å². The summed E-state index contributed by atoms with van der Waals surface area (Å²) in [7, 11) is 0. The Bertz CT molecular complexity index is 220. The molecule has 0 spiro atoms. The predicted molar refractivity (Wildman–Crippen MR) is 62.5 cm³/mol. The van der Waals surface area contributed by atoms with E-state index in [1.807, 2.05) is 18.7 Å². The van der Waals surface area contributed by atoms with Crippen molar-refractivity contribution in [2.75, 3.05) is 13.1 Å². The molecule has 1 amide bonds. The summed E-state index contributed by atoms with van der Waals surface area (Å²) < 4.78 is 0. The van der Waals surface area contributed by atoms with Crippen LogP contribution in [0.5, 0.6) is 0 Å². The standard InChI is InChI=1S/C12H24N2O/c1-4-10-6-8-14(9-10)11(15)5-7-12(2,3)13/h10H,4-9,13H2,1-3H3. The first kappa shape index (κ1) is 12.5. The van der Waals surface area contributed by atoms with Crippen molar-refractivity contribution in [1.29, 1.82) is 0 Å². The summed E-state index contributed by atoms with van der Waals surface area (Å²) in [5.41, 5.74) is 5.64. The summed E-state index contributed by atoms with van der Waals surface area (Å²) in [5.74, 6) is 1.00. The number of hydrogen-bond acceptors (Lipinski definition) is 2. The molecule has 1 heterocycles. The van der Waals surface area contributed by atoms with Gasteiger partial charge < -0.3 is 10.6 Å². The Morgan fingerprint density at radius 3 is 2.67 bits per heavy atom. The molecule has 2 N–H and O–H groups in total. The molecule has 1 aliphatic heterocycles. The lowest BCUT2D eigenvalue weighted by atomic mass is 10.00. The molecule has 3 nitrogen and oxygen atoms in total. The maximum absolute atomic E-state index is 11.8. The zero-order valence-corrected chi connectivity index (χ0v) is 10.3. The van der Waals surface area contributed by atoms with E-state index in [4.69, 9.17) is 5.73 Å². The zero-order valence-electron chi connectivity index (χ0n) is 10.3. The van der Waals surface area contributed by atoms with Crippen molar-refractivity contribution in [3.63, 3.8) is 0 Å². The van der Waals surface area contributed by atoms with E-state index in [1.165, 1.54) is 12.8 Å². The number of likely N-dealkylation sites (tertiary alicyclic amines) is 1. The van der Waals surface area contributed by atoms with Crippen molar-refractivity contribution in [2.24, 2.45) is 11.7 Å². The Morgan fingerprint density at radius 2 is 2.20 bits per heavy atom. The number of nitrogens with two attached hydrogens (primary N) is 1. The Kier molecular flexibility index (Phi) is 4.14. The zero-order chi connectivity index (χ0) is 11.5. The normalized spacial score (nSPS) is 22.1. The maximum Gasteiger partial charge on any atom is 0.222 e. The minimum atomic E-state index is -0.223. The Hall–Kier alpha value is -0.570. The van der Waals surface area contributed by atoms with Crippen LogP contribution in [0.25, 0.3) is 0 Å². The Morgan fingerprint density at radius 1 is 1.53 bits per heavy atom. The highest BCUT2D eigenvalue weighted by Gasteiger charge is 2.25. The largest absolute Gasteiger partial charge is 0.342 e. The molecule has 3 heteroatoms. The average molecular weight is 212 g/mol. The number of carbonyl (C=O) groups excluding carboxylic acids is 1. The first-order valence-electron chi connectivity index (χ1n) is 5.99. The minimum Gasteiger partial charge on any atom is -0.342 e. The third-order valence-corrected chi connectivity index (χ3v) is 3.20. The summed E-state index contributed by atoms with van der Waals surface area (Å²) >= 11 is 0. The van der Waals surface area contributed by atoms with Crippen LogP contribution >= 0.6 is 0 Å². The van der Waals surface area contributed by atoms with Gasteiger partial charge >= 0.3 is 0 Å². The van der Waals surface area contributed by atoms with Gasteiger partial charge in [0.15, 0.2) is 0 Å². The molecule has 1 atom stereocenters. The number of nitrogens with zero attached hydrogens (tertiary/aromatic N) is 1. The SMILES string of the molecule is CCC1CCN(C(=O)CCC(C)(C)N)C1. The topological polar surface area (TPSA) is 46.3 Å². The molecular formula is C12H24N2O. The molecule has 1 fully saturated rings. The molecule has 0 aliphatic carbocycles. The molecule has 0 aromatic carbocycles. The van der Waals surface area contributed by atoms with E-state index in [0.717, 1.165) is 25.4 Å². The molecule has 0 radical (unpaired) electrons. The van der Waals surface area contributed by atoms with Crippen molar-refractivity contribution in [3.05, 3.63) is 0 Å². The van der Waals surface area contributed by atoms with Gasteiger partial charge in [-0.3, -0.25) is 4.79 Å². The average Bonchev–Trinajstić information content (AvgIpc) is 2.61. The summed E-state index contributed by atoms with van der Waals surface area (Å²) in [5, 5.41) is 0. The molecule has 1 aliphatic rings. The lowest BCUT2D eigenvalue weighted by molar-refractivity contribution is -0.130. The summed E-state index contributed by atoms with van der Waals surface area (Å²) in [4.78, 5) is 13.8. The van der Waals surface area contributed by atoms with Gasteiger partial charge in [0.25, 0.3) is 0 Å². The van der Waals surface area contributed by atoms with Crippen LogP contribution in [0.2, 0.25) is 0 Å². The number of amides is 1. The fourth-order valence-corrected chi connectivity index (χ4v) is 1.98. The fraction of sp³-hybridized carbons (Fsp3) is 0.917. The van der Waals surface area contributed by atoms with Gasteiger partial charge in [0.2, 0.25) is 5.91 Å². The van der Waals surface area contributed by atoms with Gasteiger partial charge in [0, 0.05) is 25.0 Å². The molecule has 0 aromatic heterocycles. The van der Waals surface area contributed by atoms with Crippen LogP contribution in [0, 0.1) is 5.92 Å². The third-order valence-electron chi connectivity index (χ3n) is 3.20. The van der Waals surface area contributed by atoms with Crippen molar-refractivity contribution < 1.29 is 4.79 Å². The van der Waals surface area contributed by atoms with Gasteiger partial charge in [-0.1, -0.05) is 13.3 Å². The second-order valence-electron chi connectivity index (χ2n) is 5.39. The molecule has 1 rings (SSSR count). The van der Waals surface area contributed by atoms with Crippen molar-refractivity contribution in [1.82, 2.24) is 4.90 Å². The quantitative estimate of drug-likeness (QED) is 0.772. The van der Waals surface area contributed by atoms with Gasteiger partial charge in [-0.05, 0) is 32.6 Å².